The minimum Gasteiger partial charge on any atom is -0.361 e. The molecule has 1 aromatic heterocycles. The standard InChI is InChI=1S/C13H17N3/c1-16-7-6-14-9-13(16)11-2-3-12-10(8-11)4-5-15-12/h2-5,8,13-15H,6-7,9H2,1H3. The van der Waals surface area contributed by atoms with Crippen LogP contribution in [-0.4, -0.2) is 36.6 Å². The molecule has 16 heavy (non-hydrogen) atoms. The molecule has 2 N–H and O–H groups in total. The van der Waals surface area contributed by atoms with Crippen molar-refractivity contribution in [3.8, 4) is 0 Å². The maximum Gasteiger partial charge on any atom is 0.0470 e. The molecule has 1 saturated heterocycles. The summed E-state index contributed by atoms with van der Waals surface area (Å²) in [5.41, 5.74) is 2.62. The van der Waals surface area contributed by atoms with Gasteiger partial charge in [-0.3, -0.25) is 4.90 Å². The third kappa shape index (κ3) is 1.62. The highest BCUT2D eigenvalue weighted by Gasteiger charge is 2.20. The molecule has 2 aromatic rings. The number of hydrogen-bond acceptors (Lipinski definition) is 2. The third-order valence-corrected chi connectivity index (χ3v) is 3.47. The Hall–Kier alpha value is -1.32. The Kier molecular flexibility index (Phi) is 2.42. The van der Waals surface area contributed by atoms with Gasteiger partial charge < -0.3 is 10.3 Å². The number of rotatable bonds is 1. The van der Waals surface area contributed by atoms with Crippen LogP contribution < -0.4 is 5.32 Å². The van der Waals surface area contributed by atoms with Crippen LogP contribution in [0.3, 0.4) is 0 Å². The lowest BCUT2D eigenvalue weighted by atomic mass is 10.0. The molecule has 3 nitrogen and oxygen atoms in total. The molecule has 3 rings (SSSR count). The van der Waals surface area contributed by atoms with Gasteiger partial charge in [0.15, 0.2) is 0 Å². The lowest BCUT2D eigenvalue weighted by molar-refractivity contribution is 0.202. The van der Waals surface area contributed by atoms with E-state index < -0.39 is 0 Å². The molecule has 1 aliphatic heterocycles. The van der Waals surface area contributed by atoms with Crippen molar-refractivity contribution >= 4 is 10.9 Å². The molecule has 84 valence electrons. The van der Waals surface area contributed by atoms with Gasteiger partial charge in [0.25, 0.3) is 0 Å². The van der Waals surface area contributed by atoms with Crippen LogP contribution in [-0.2, 0) is 0 Å². The van der Waals surface area contributed by atoms with E-state index in [9.17, 15) is 0 Å². The van der Waals surface area contributed by atoms with E-state index in [4.69, 9.17) is 0 Å². The average molecular weight is 215 g/mol. The number of benzene rings is 1. The van der Waals surface area contributed by atoms with E-state index in [0.717, 1.165) is 19.6 Å². The van der Waals surface area contributed by atoms with E-state index in [1.807, 2.05) is 6.20 Å². The minimum atomic E-state index is 0.507. The molecule has 0 amide bonds. The van der Waals surface area contributed by atoms with Crippen molar-refractivity contribution in [1.82, 2.24) is 15.2 Å². The zero-order chi connectivity index (χ0) is 11.0. The van der Waals surface area contributed by atoms with E-state index in [0.29, 0.717) is 6.04 Å². The molecule has 3 heteroatoms. The Morgan fingerprint density at radius 2 is 2.25 bits per heavy atom. The molecule has 0 bridgehead atoms. The number of nitrogens with zero attached hydrogens (tertiary/aromatic N) is 1. The van der Waals surface area contributed by atoms with Gasteiger partial charge >= 0.3 is 0 Å². The normalized spacial score (nSPS) is 22.7. The number of likely N-dealkylation sites (N-methyl/N-ethyl adjacent to an activating group) is 1. The van der Waals surface area contributed by atoms with Crippen molar-refractivity contribution in [1.29, 1.82) is 0 Å². The van der Waals surface area contributed by atoms with E-state index >= 15 is 0 Å². The number of nitrogens with one attached hydrogen (secondary N) is 2. The van der Waals surface area contributed by atoms with Gasteiger partial charge in [0.1, 0.15) is 0 Å². The first-order valence-corrected chi connectivity index (χ1v) is 5.82. The molecule has 0 radical (unpaired) electrons. The zero-order valence-electron chi connectivity index (χ0n) is 9.53. The van der Waals surface area contributed by atoms with Crippen LogP contribution in [0.15, 0.2) is 30.5 Å². The first-order chi connectivity index (χ1) is 7.84. The molecule has 0 saturated carbocycles. The number of hydrogen-bond donors (Lipinski definition) is 2. The summed E-state index contributed by atoms with van der Waals surface area (Å²) in [7, 11) is 2.20. The van der Waals surface area contributed by atoms with Crippen molar-refractivity contribution < 1.29 is 0 Å². The van der Waals surface area contributed by atoms with Crippen molar-refractivity contribution in [3.63, 3.8) is 0 Å². The molecular formula is C13H17N3. The monoisotopic (exact) mass is 215 g/mol. The van der Waals surface area contributed by atoms with Gasteiger partial charge in [0, 0.05) is 37.4 Å². The summed E-state index contributed by atoms with van der Waals surface area (Å²) in [4.78, 5) is 5.65. The Bertz CT molecular complexity index is 489. The minimum absolute atomic E-state index is 0.507. The number of H-pyrrole nitrogens is 1. The molecular weight excluding hydrogens is 198 g/mol. The summed E-state index contributed by atoms with van der Waals surface area (Å²) in [5.74, 6) is 0. The fraction of sp³-hybridized carbons (Fsp3) is 0.385. The van der Waals surface area contributed by atoms with Crippen LogP contribution in [0.5, 0.6) is 0 Å². The lowest BCUT2D eigenvalue weighted by Gasteiger charge is -2.33. The predicted octanol–water partition coefficient (Wildman–Crippen LogP) is 1.74. The van der Waals surface area contributed by atoms with Gasteiger partial charge in [-0.05, 0) is 36.2 Å². The van der Waals surface area contributed by atoms with E-state index in [2.05, 4.69) is 46.5 Å². The number of aromatic amines is 1. The van der Waals surface area contributed by atoms with E-state index in [-0.39, 0.29) is 0 Å². The van der Waals surface area contributed by atoms with E-state index in [1.165, 1.54) is 16.5 Å². The molecule has 2 heterocycles. The maximum atomic E-state index is 3.46. The van der Waals surface area contributed by atoms with Crippen molar-refractivity contribution in [2.24, 2.45) is 0 Å². The van der Waals surface area contributed by atoms with Gasteiger partial charge in [-0.15, -0.1) is 0 Å². The molecule has 1 unspecified atom stereocenters. The highest BCUT2D eigenvalue weighted by molar-refractivity contribution is 5.80. The fourth-order valence-electron chi connectivity index (χ4n) is 2.46. The number of piperazine rings is 1. The van der Waals surface area contributed by atoms with Crippen LogP contribution >= 0.6 is 0 Å². The second-order valence-corrected chi connectivity index (χ2v) is 4.52. The quantitative estimate of drug-likeness (QED) is 0.759. The van der Waals surface area contributed by atoms with Crippen LogP contribution in [0.1, 0.15) is 11.6 Å². The van der Waals surface area contributed by atoms with Gasteiger partial charge in [0.2, 0.25) is 0 Å². The number of fused-ring (bicyclic) bond motifs is 1. The second-order valence-electron chi connectivity index (χ2n) is 4.52. The first kappa shape index (κ1) is 9.87. The molecule has 1 atom stereocenters. The molecule has 0 spiro atoms. The van der Waals surface area contributed by atoms with Crippen LogP contribution in [0.4, 0.5) is 0 Å². The Morgan fingerprint density at radius 3 is 3.12 bits per heavy atom. The summed E-state index contributed by atoms with van der Waals surface area (Å²) >= 11 is 0. The summed E-state index contributed by atoms with van der Waals surface area (Å²) in [6.45, 7) is 3.27. The zero-order valence-corrected chi connectivity index (χ0v) is 9.53. The maximum absolute atomic E-state index is 3.46. The van der Waals surface area contributed by atoms with Gasteiger partial charge in [-0.1, -0.05) is 6.07 Å². The molecule has 0 aliphatic carbocycles. The fourth-order valence-corrected chi connectivity index (χ4v) is 2.46. The first-order valence-electron chi connectivity index (χ1n) is 5.82. The van der Waals surface area contributed by atoms with Crippen molar-refractivity contribution in [2.75, 3.05) is 26.7 Å². The topological polar surface area (TPSA) is 31.1 Å². The lowest BCUT2D eigenvalue weighted by Crippen LogP contribution is -2.43. The summed E-state index contributed by atoms with van der Waals surface area (Å²) < 4.78 is 0. The third-order valence-electron chi connectivity index (χ3n) is 3.47. The van der Waals surface area contributed by atoms with Gasteiger partial charge in [-0.2, -0.15) is 0 Å². The summed E-state index contributed by atoms with van der Waals surface area (Å²) in [6.07, 6.45) is 2.00. The predicted molar refractivity (Wildman–Crippen MR) is 66.5 cm³/mol. The van der Waals surface area contributed by atoms with Crippen LogP contribution in [0, 0.1) is 0 Å². The molecule has 1 aromatic carbocycles. The Morgan fingerprint density at radius 1 is 1.31 bits per heavy atom. The average Bonchev–Trinajstić information content (AvgIpc) is 2.76. The van der Waals surface area contributed by atoms with E-state index in [1.54, 1.807) is 0 Å². The van der Waals surface area contributed by atoms with Crippen molar-refractivity contribution in [2.45, 2.75) is 6.04 Å². The smallest absolute Gasteiger partial charge is 0.0470 e. The van der Waals surface area contributed by atoms with Crippen molar-refractivity contribution in [3.05, 3.63) is 36.0 Å². The molecule has 1 fully saturated rings. The summed E-state index contributed by atoms with van der Waals surface area (Å²) in [6, 6.07) is 9.34. The summed E-state index contributed by atoms with van der Waals surface area (Å²) in [5, 5.41) is 4.76. The highest BCUT2D eigenvalue weighted by Crippen LogP contribution is 2.24. The van der Waals surface area contributed by atoms with Gasteiger partial charge in [-0.25, -0.2) is 0 Å². The SMILES string of the molecule is CN1CCNCC1c1ccc2[nH]ccc2c1. The Labute approximate surface area is 95.5 Å². The van der Waals surface area contributed by atoms with Gasteiger partial charge in [0.05, 0.1) is 0 Å². The molecule has 1 aliphatic rings. The van der Waals surface area contributed by atoms with Crippen LogP contribution in [0.2, 0.25) is 0 Å². The Balaban J connectivity index is 1.97. The second kappa shape index (κ2) is 3.92. The largest absolute Gasteiger partial charge is 0.361 e. The highest BCUT2D eigenvalue weighted by atomic mass is 15.2. The number of aromatic nitrogens is 1. The van der Waals surface area contributed by atoms with Crippen LogP contribution in [0.25, 0.3) is 10.9 Å².